The Morgan fingerprint density at radius 2 is 1.78 bits per heavy atom. The van der Waals surface area contributed by atoms with E-state index in [0.717, 1.165) is 35.1 Å². The van der Waals surface area contributed by atoms with Crippen LogP contribution in [0.2, 0.25) is 0 Å². The molecule has 0 bridgehead atoms. The third-order valence-corrected chi connectivity index (χ3v) is 4.51. The molecule has 118 valence electrons. The highest BCUT2D eigenvalue weighted by Gasteiger charge is 2.19. The fraction of sp³-hybridized carbons (Fsp3) is 0.222. The van der Waals surface area contributed by atoms with E-state index in [1.54, 1.807) is 18.9 Å². The summed E-state index contributed by atoms with van der Waals surface area (Å²) in [5, 5.41) is 8.83. The van der Waals surface area contributed by atoms with E-state index in [1.807, 2.05) is 36.4 Å². The van der Waals surface area contributed by atoms with E-state index in [2.05, 4.69) is 40.1 Å². The molecule has 3 aromatic rings. The molecule has 0 unspecified atom stereocenters. The molecule has 5 heteroatoms. The number of aryl methyl sites for hydroxylation is 1. The summed E-state index contributed by atoms with van der Waals surface area (Å²) in [6, 6.07) is 16.2. The molecule has 2 aromatic carbocycles. The second kappa shape index (κ2) is 6.87. The van der Waals surface area contributed by atoms with Crippen molar-refractivity contribution in [1.29, 1.82) is 0 Å². The zero-order valence-corrected chi connectivity index (χ0v) is 14.3. The van der Waals surface area contributed by atoms with Crippen LogP contribution < -0.4 is 4.74 Å². The molecule has 0 aliphatic rings. The molecule has 3 rings (SSSR count). The number of para-hydroxylation sites is 2. The number of hydrogen-bond acceptors (Lipinski definition) is 4. The van der Waals surface area contributed by atoms with Gasteiger partial charge in [-0.3, -0.25) is 4.57 Å². The molecule has 23 heavy (non-hydrogen) atoms. The molecule has 0 aliphatic heterocycles. The van der Waals surface area contributed by atoms with Crippen molar-refractivity contribution in [1.82, 2.24) is 14.8 Å². The molecule has 0 fully saturated rings. The smallest absolute Gasteiger partial charge is 0.172 e. The standard InChI is InChI=1S/C18H19N3OS/c1-4-17-19-20-18(13-9-5-7-11-15(13)22-2)21(17)14-10-6-8-12-16(14)23-3/h5-12H,4H2,1-3H3. The maximum absolute atomic E-state index is 5.50. The van der Waals surface area contributed by atoms with Crippen molar-refractivity contribution in [2.24, 2.45) is 0 Å². The minimum Gasteiger partial charge on any atom is -0.496 e. The van der Waals surface area contributed by atoms with Gasteiger partial charge in [0.15, 0.2) is 5.82 Å². The average Bonchev–Trinajstić information content (AvgIpc) is 3.05. The molecule has 1 heterocycles. The third kappa shape index (κ3) is 2.84. The van der Waals surface area contributed by atoms with Crippen LogP contribution in [-0.2, 0) is 6.42 Å². The number of nitrogens with zero attached hydrogens (tertiary/aromatic N) is 3. The molecule has 0 N–H and O–H groups in total. The topological polar surface area (TPSA) is 39.9 Å². The normalized spacial score (nSPS) is 10.7. The molecule has 0 spiro atoms. The molecule has 1 aromatic heterocycles. The lowest BCUT2D eigenvalue weighted by Crippen LogP contribution is -2.04. The lowest BCUT2D eigenvalue weighted by molar-refractivity contribution is 0.416. The van der Waals surface area contributed by atoms with Crippen LogP contribution >= 0.6 is 11.8 Å². The first-order valence-corrected chi connectivity index (χ1v) is 8.73. The van der Waals surface area contributed by atoms with Crippen LogP contribution in [0.5, 0.6) is 5.75 Å². The molecule has 0 aliphatic carbocycles. The first-order valence-electron chi connectivity index (χ1n) is 7.51. The van der Waals surface area contributed by atoms with Crippen molar-refractivity contribution in [2.75, 3.05) is 13.4 Å². The third-order valence-electron chi connectivity index (χ3n) is 3.72. The Kier molecular flexibility index (Phi) is 4.67. The summed E-state index contributed by atoms with van der Waals surface area (Å²) in [5.41, 5.74) is 2.04. The van der Waals surface area contributed by atoms with Crippen LogP contribution in [0.15, 0.2) is 53.4 Å². The second-order valence-corrected chi connectivity index (χ2v) is 5.85. The second-order valence-electron chi connectivity index (χ2n) is 5.00. The average molecular weight is 325 g/mol. The number of methoxy groups -OCH3 is 1. The van der Waals surface area contributed by atoms with Crippen LogP contribution in [0.4, 0.5) is 0 Å². The van der Waals surface area contributed by atoms with E-state index in [0.29, 0.717) is 0 Å². The number of rotatable bonds is 5. The number of ether oxygens (including phenoxy) is 1. The molecule has 0 amide bonds. The maximum atomic E-state index is 5.50. The Hall–Kier alpha value is -2.27. The van der Waals surface area contributed by atoms with Gasteiger partial charge >= 0.3 is 0 Å². The van der Waals surface area contributed by atoms with Crippen LogP contribution in [0.3, 0.4) is 0 Å². The van der Waals surface area contributed by atoms with E-state index in [-0.39, 0.29) is 0 Å². The summed E-state index contributed by atoms with van der Waals surface area (Å²) in [6.07, 6.45) is 2.89. The van der Waals surface area contributed by atoms with Crippen molar-refractivity contribution in [3.05, 3.63) is 54.4 Å². The predicted octanol–water partition coefficient (Wildman–Crippen LogP) is 4.23. The largest absolute Gasteiger partial charge is 0.496 e. The monoisotopic (exact) mass is 325 g/mol. The van der Waals surface area contributed by atoms with Crippen molar-refractivity contribution < 1.29 is 4.74 Å². The van der Waals surface area contributed by atoms with E-state index in [4.69, 9.17) is 4.74 Å². The Morgan fingerprint density at radius 1 is 1.04 bits per heavy atom. The van der Waals surface area contributed by atoms with Gasteiger partial charge in [0, 0.05) is 11.3 Å². The van der Waals surface area contributed by atoms with E-state index >= 15 is 0 Å². The SMILES string of the molecule is CCc1nnc(-c2ccccc2OC)n1-c1ccccc1SC. The van der Waals surface area contributed by atoms with E-state index < -0.39 is 0 Å². The molecule has 4 nitrogen and oxygen atoms in total. The molecular formula is C18H19N3OS. The zero-order valence-electron chi connectivity index (χ0n) is 13.5. The van der Waals surface area contributed by atoms with Crippen LogP contribution in [0.25, 0.3) is 17.1 Å². The molecule has 0 radical (unpaired) electrons. The molecule has 0 saturated carbocycles. The van der Waals surface area contributed by atoms with Gasteiger partial charge in [0.1, 0.15) is 11.6 Å². The van der Waals surface area contributed by atoms with Crippen LogP contribution in [-0.4, -0.2) is 28.1 Å². The highest BCUT2D eigenvalue weighted by atomic mass is 32.2. The predicted molar refractivity (Wildman–Crippen MR) is 94.5 cm³/mol. The number of aromatic nitrogens is 3. The Bertz CT molecular complexity index is 814. The summed E-state index contributed by atoms with van der Waals surface area (Å²) in [5.74, 6) is 2.54. The number of benzene rings is 2. The van der Waals surface area contributed by atoms with Gasteiger partial charge in [-0.15, -0.1) is 22.0 Å². The van der Waals surface area contributed by atoms with Crippen molar-refractivity contribution >= 4 is 11.8 Å². The van der Waals surface area contributed by atoms with Gasteiger partial charge in [-0.1, -0.05) is 31.2 Å². The summed E-state index contributed by atoms with van der Waals surface area (Å²) >= 11 is 1.72. The zero-order chi connectivity index (χ0) is 16.2. The minimum absolute atomic E-state index is 0.797. The number of thioether (sulfide) groups is 1. The highest BCUT2D eigenvalue weighted by Crippen LogP contribution is 2.33. The van der Waals surface area contributed by atoms with Gasteiger partial charge in [0.05, 0.1) is 18.4 Å². The van der Waals surface area contributed by atoms with Gasteiger partial charge in [0.25, 0.3) is 0 Å². The Morgan fingerprint density at radius 3 is 2.52 bits per heavy atom. The van der Waals surface area contributed by atoms with Gasteiger partial charge in [-0.2, -0.15) is 0 Å². The van der Waals surface area contributed by atoms with Gasteiger partial charge in [0.2, 0.25) is 0 Å². The van der Waals surface area contributed by atoms with E-state index in [9.17, 15) is 0 Å². The lowest BCUT2D eigenvalue weighted by atomic mass is 10.1. The highest BCUT2D eigenvalue weighted by molar-refractivity contribution is 7.98. The summed E-state index contributed by atoms with van der Waals surface area (Å²) in [6.45, 7) is 2.09. The van der Waals surface area contributed by atoms with Crippen molar-refractivity contribution in [3.63, 3.8) is 0 Å². The Labute approximate surface area is 140 Å². The fourth-order valence-electron chi connectivity index (χ4n) is 2.62. The van der Waals surface area contributed by atoms with Crippen molar-refractivity contribution in [3.8, 4) is 22.8 Å². The molecular weight excluding hydrogens is 306 g/mol. The maximum Gasteiger partial charge on any atom is 0.172 e. The summed E-state index contributed by atoms with van der Waals surface area (Å²) in [7, 11) is 1.68. The van der Waals surface area contributed by atoms with Gasteiger partial charge < -0.3 is 4.74 Å². The minimum atomic E-state index is 0.797. The lowest BCUT2D eigenvalue weighted by Gasteiger charge is -2.14. The fourth-order valence-corrected chi connectivity index (χ4v) is 3.20. The van der Waals surface area contributed by atoms with Gasteiger partial charge in [-0.25, -0.2) is 0 Å². The van der Waals surface area contributed by atoms with E-state index in [1.165, 1.54) is 4.90 Å². The van der Waals surface area contributed by atoms with Crippen LogP contribution in [0.1, 0.15) is 12.7 Å². The quantitative estimate of drug-likeness (QED) is 0.658. The summed E-state index contributed by atoms with van der Waals surface area (Å²) < 4.78 is 7.63. The summed E-state index contributed by atoms with van der Waals surface area (Å²) in [4.78, 5) is 1.19. The van der Waals surface area contributed by atoms with Gasteiger partial charge in [-0.05, 0) is 30.5 Å². The number of hydrogen-bond donors (Lipinski definition) is 0. The Balaban J connectivity index is 2.27. The first kappa shape index (κ1) is 15.6. The first-order chi connectivity index (χ1) is 11.3. The molecule has 0 saturated heterocycles. The van der Waals surface area contributed by atoms with Crippen LogP contribution in [0, 0.1) is 0 Å². The van der Waals surface area contributed by atoms with Crippen molar-refractivity contribution in [2.45, 2.75) is 18.2 Å². The molecule has 0 atom stereocenters.